The van der Waals surface area contributed by atoms with Crippen LogP contribution in [0.2, 0.25) is 5.02 Å². The first-order chi connectivity index (χ1) is 9.56. The minimum absolute atomic E-state index is 0.155. The van der Waals surface area contributed by atoms with Crippen LogP contribution in [0.25, 0.3) is 0 Å². The summed E-state index contributed by atoms with van der Waals surface area (Å²) in [6.07, 6.45) is 1.99. The van der Waals surface area contributed by atoms with E-state index in [1.807, 2.05) is 26.0 Å². The topological polar surface area (TPSA) is 50.1 Å². The van der Waals surface area contributed by atoms with Gasteiger partial charge in [0.25, 0.3) is 0 Å². The van der Waals surface area contributed by atoms with Gasteiger partial charge in [-0.25, -0.2) is 0 Å². The largest absolute Gasteiger partial charge is 0.465 e. The van der Waals surface area contributed by atoms with Gasteiger partial charge >= 0.3 is 5.97 Å². The maximum atomic E-state index is 12.2. The van der Waals surface area contributed by atoms with E-state index in [2.05, 4.69) is 6.07 Å². The first kappa shape index (κ1) is 16.5. The molecule has 20 heavy (non-hydrogen) atoms. The first-order valence-corrected chi connectivity index (χ1v) is 7.23. The zero-order valence-electron chi connectivity index (χ0n) is 11.9. The number of rotatable bonds is 7. The lowest BCUT2D eigenvalue weighted by molar-refractivity contribution is -0.146. The summed E-state index contributed by atoms with van der Waals surface area (Å²) in [7, 11) is 0. The molecule has 108 valence electrons. The van der Waals surface area contributed by atoms with Crippen molar-refractivity contribution < 1.29 is 9.53 Å². The summed E-state index contributed by atoms with van der Waals surface area (Å²) in [6.45, 7) is 4.36. The number of benzene rings is 1. The van der Waals surface area contributed by atoms with E-state index in [1.165, 1.54) is 0 Å². The second kappa shape index (κ2) is 8.60. The Morgan fingerprint density at radius 1 is 1.30 bits per heavy atom. The molecule has 0 radical (unpaired) electrons. The first-order valence-electron chi connectivity index (χ1n) is 6.85. The molecule has 0 heterocycles. The lowest BCUT2D eigenvalue weighted by atomic mass is 9.88. The molecule has 0 aromatic heterocycles. The third-order valence-corrected chi connectivity index (χ3v) is 3.33. The molecule has 0 aliphatic carbocycles. The number of halogens is 1. The molecule has 0 spiro atoms. The fourth-order valence-corrected chi connectivity index (χ4v) is 2.16. The normalized spacial score (nSPS) is 11.9. The quantitative estimate of drug-likeness (QED) is 0.556. The zero-order chi connectivity index (χ0) is 15.0. The van der Waals surface area contributed by atoms with Gasteiger partial charge in [0.05, 0.1) is 18.6 Å². The summed E-state index contributed by atoms with van der Waals surface area (Å²) in [6, 6.07) is 9.37. The SMILES string of the molecule is CC(C)C(C(=O)OCCCCC#N)c1ccc(Cl)cc1. The van der Waals surface area contributed by atoms with Crippen molar-refractivity contribution in [2.75, 3.05) is 6.61 Å². The van der Waals surface area contributed by atoms with Gasteiger partial charge in [-0.15, -0.1) is 0 Å². The molecule has 3 nitrogen and oxygen atoms in total. The maximum absolute atomic E-state index is 12.2. The Bertz CT molecular complexity index is 462. The monoisotopic (exact) mass is 293 g/mol. The molecule has 1 unspecified atom stereocenters. The van der Waals surface area contributed by atoms with E-state index in [4.69, 9.17) is 21.6 Å². The van der Waals surface area contributed by atoms with Crippen molar-refractivity contribution in [2.24, 2.45) is 5.92 Å². The highest BCUT2D eigenvalue weighted by molar-refractivity contribution is 6.30. The van der Waals surface area contributed by atoms with Gasteiger partial charge in [-0.2, -0.15) is 5.26 Å². The fraction of sp³-hybridized carbons (Fsp3) is 0.500. The van der Waals surface area contributed by atoms with E-state index in [-0.39, 0.29) is 17.8 Å². The van der Waals surface area contributed by atoms with E-state index in [0.717, 1.165) is 18.4 Å². The second-order valence-electron chi connectivity index (χ2n) is 5.06. The molecule has 0 aliphatic heterocycles. The summed E-state index contributed by atoms with van der Waals surface area (Å²) >= 11 is 5.87. The number of nitriles is 1. The van der Waals surface area contributed by atoms with E-state index < -0.39 is 0 Å². The van der Waals surface area contributed by atoms with Crippen molar-refractivity contribution in [1.29, 1.82) is 5.26 Å². The summed E-state index contributed by atoms with van der Waals surface area (Å²) in [5.41, 5.74) is 0.923. The van der Waals surface area contributed by atoms with Gasteiger partial charge in [-0.1, -0.05) is 37.6 Å². The molecule has 0 saturated heterocycles. The summed E-state index contributed by atoms with van der Waals surface area (Å²) in [4.78, 5) is 12.2. The van der Waals surface area contributed by atoms with Crippen LogP contribution in [0.4, 0.5) is 0 Å². The summed E-state index contributed by atoms with van der Waals surface area (Å²) in [5, 5.41) is 9.09. The van der Waals surface area contributed by atoms with Crippen molar-refractivity contribution >= 4 is 17.6 Å². The van der Waals surface area contributed by atoms with Gasteiger partial charge in [0.15, 0.2) is 0 Å². The minimum atomic E-state index is -0.275. The number of esters is 1. The number of hydrogen-bond acceptors (Lipinski definition) is 3. The van der Waals surface area contributed by atoms with Crippen LogP contribution in [0.15, 0.2) is 24.3 Å². The van der Waals surface area contributed by atoms with Crippen molar-refractivity contribution in [1.82, 2.24) is 0 Å². The highest BCUT2D eigenvalue weighted by Crippen LogP contribution is 2.27. The molecular weight excluding hydrogens is 274 g/mol. The van der Waals surface area contributed by atoms with Crippen molar-refractivity contribution in [2.45, 2.75) is 39.0 Å². The molecule has 0 saturated carbocycles. The van der Waals surface area contributed by atoms with Gasteiger partial charge in [0.2, 0.25) is 0 Å². The number of nitrogens with zero attached hydrogens (tertiary/aromatic N) is 1. The Balaban J connectivity index is 2.60. The molecular formula is C16H20ClNO2. The number of carbonyl (C=O) groups is 1. The van der Waals surface area contributed by atoms with Gasteiger partial charge in [0, 0.05) is 11.4 Å². The number of carbonyl (C=O) groups excluding carboxylic acids is 1. The van der Waals surface area contributed by atoms with Crippen LogP contribution in [-0.2, 0) is 9.53 Å². The van der Waals surface area contributed by atoms with Crippen molar-refractivity contribution in [3.05, 3.63) is 34.9 Å². The van der Waals surface area contributed by atoms with Gasteiger partial charge in [-0.05, 0) is 36.5 Å². The highest BCUT2D eigenvalue weighted by atomic mass is 35.5. The highest BCUT2D eigenvalue weighted by Gasteiger charge is 2.25. The van der Waals surface area contributed by atoms with Crippen LogP contribution in [-0.4, -0.2) is 12.6 Å². The van der Waals surface area contributed by atoms with Crippen molar-refractivity contribution in [3.63, 3.8) is 0 Å². The lowest BCUT2D eigenvalue weighted by Crippen LogP contribution is -2.21. The van der Waals surface area contributed by atoms with E-state index >= 15 is 0 Å². The molecule has 4 heteroatoms. The smallest absolute Gasteiger partial charge is 0.313 e. The maximum Gasteiger partial charge on any atom is 0.313 e. The predicted molar refractivity (Wildman–Crippen MR) is 79.5 cm³/mol. The summed E-state index contributed by atoms with van der Waals surface area (Å²) in [5.74, 6) is -0.328. The second-order valence-corrected chi connectivity index (χ2v) is 5.49. The Morgan fingerprint density at radius 3 is 2.50 bits per heavy atom. The third kappa shape index (κ3) is 5.22. The van der Waals surface area contributed by atoms with Gasteiger partial charge < -0.3 is 4.74 Å². The molecule has 1 aromatic rings. The molecule has 0 amide bonds. The van der Waals surface area contributed by atoms with Gasteiger partial charge in [0.1, 0.15) is 0 Å². The molecule has 0 N–H and O–H groups in total. The zero-order valence-corrected chi connectivity index (χ0v) is 12.7. The Labute approximate surface area is 125 Å². The van der Waals surface area contributed by atoms with Crippen LogP contribution in [0.3, 0.4) is 0 Å². The average molecular weight is 294 g/mol. The molecule has 0 fully saturated rings. The number of unbranched alkanes of at least 4 members (excludes halogenated alkanes) is 2. The molecule has 0 bridgehead atoms. The average Bonchev–Trinajstić information content (AvgIpc) is 2.40. The van der Waals surface area contributed by atoms with Crippen LogP contribution in [0, 0.1) is 17.2 Å². The van der Waals surface area contributed by atoms with E-state index in [0.29, 0.717) is 18.1 Å². The van der Waals surface area contributed by atoms with E-state index in [9.17, 15) is 4.79 Å². The Kier molecular flexibility index (Phi) is 7.11. The molecule has 0 aliphatic rings. The lowest BCUT2D eigenvalue weighted by Gasteiger charge is -2.20. The van der Waals surface area contributed by atoms with Crippen LogP contribution in [0.1, 0.15) is 44.6 Å². The number of hydrogen-bond donors (Lipinski definition) is 0. The van der Waals surface area contributed by atoms with Crippen LogP contribution >= 0.6 is 11.6 Å². The minimum Gasteiger partial charge on any atom is -0.465 e. The molecule has 1 aromatic carbocycles. The van der Waals surface area contributed by atoms with Crippen LogP contribution < -0.4 is 0 Å². The summed E-state index contributed by atoms with van der Waals surface area (Å²) < 4.78 is 5.32. The van der Waals surface area contributed by atoms with E-state index in [1.54, 1.807) is 12.1 Å². The third-order valence-electron chi connectivity index (χ3n) is 3.08. The Hall–Kier alpha value is -1.53. The standard InChI is InChI=1S/C16H20ClNO2/c1-12(2)15(13-6-8-14(17)9-7-13)16(19)20-11-5-3-4-10-18/h6-9,12,15H,3-5,11H2,1-2H3. The molecule has 1 atom stereocenters. The molecule has 1 rings (SSSR count). The Morgan fingerprint density at radius 2 is 1.95 bits per heavy atom. The fourth-order valence-electron chi connectivity index (χ4n) is 2.03. The van der Waals surface area contributed by atoms with Gasteiger partial charge in [-0.3, -0.25) is 4.79 Å². The van der Waals surface area contributed by atoms with Crippen LogP contribution in [0.5, 0.6) is 0 Å². The number of ether oxygens (including phenoxy) is 1. The van der Waals surface area contributed by atoms with Crippen molar-refractivity contribution in [3.8, 4) is 6.07 Å². The predicted octanol–water partition coefficient (Wildman–Crippen LogP) is 4.32.